The minimum atomic E-state index is -0.334. The Kier molecular flexibility index (Phi) is 4.47. The van der Waals surface area contributed by atoms with E-state index < -0.39 is 0 Å². The molecule has 0 radical (unpaired) electrons. The van der Waals surface area contributed by atoms with Crippen LogP contribution in [-0.2, 0) is 0 Å². The zero-order valence-corrected chi connectivity index (χ0v) is 13.4. The fourth-order valence-corrected chi connectivity index (χ4v) is 2.42. The second-order valence-electron chi connectivity index (χ2n) is 5.05. The van der Waals surface area contributed by atoms with Gasteiger partial charge in [-0.15, -0.1) is 0 Å². The average Bonchev–Trinajstić information content (AvgIpc) is 3.06. The standard InChI is InChI=1S/C18H17N3O3/c1-23-16-8-4-3-6-12(16)11-19-21-18(22)15-10-13-14(20-15)7-5-9-17(13)24-2/h3-11,20H,1-2H3,(H,21,22)/b19-11-. The minimum absolute atomic E-state index is 0.334. The van der Waals surface area contributed by atoms with Gasteiger partial charge in [-0.3, -0.25) is 4.79 Å². The predicted octanol–water partition coefficient (Wildman–Crippen LogP) is 2.95. The molecule has 1 amide bonds. The van der Waals surface area contributed by atoms with E-state index >= 15 is 0 Å². The first-order valence-electron chi connectivity index (χ1n) is 7.35. The maximum Gasteiger partial charge on any atom is 0.287 e. The number of nitrogens with one attached hydrogen (secondary N) is 2. The molecule has 6 nitrogen and oxygen atoms in total. The zero-order chi connectivity index (χ0) is 16.9. The van der Waals surface area contributed by atoms with E-state index in [9.17, 15) is 4.79 Å². The van der Waals surface area contributed by atoms with Crippen LogP contribution in [0.15, 0.2) is 53.6 Å². The Balaban J connectivity index is 1.77. The number of methoxy groups -OCH3 is 2. The molecule has 0 fully saturated rings. The van der Waals surface area contributed by atoms with Gasteiger partial charge in [-0.2, -0.15) is 5.10 Å². The normalized spacial score (nSPS) is 10.9. The number of rotatable bonds is 5. The number of carbonyl (C=O) groups is 1. The second kappa shape index (κ2) is 6.87. The van der Waals surface area contributed by atoms with Gasteiger partial charge in [-0.05, 0) is 30.3 Å². The fourth-order valence-electron chi connectivity index (χ4n) is 2.42. The van der Waals surface area contributed by atoms with Crippen molar-refractivity contribution in [3.8, 4) is 11.5 Å². The van der Waals surface area contributed by atoms with E-state index in [4.69, 9.17) is 9.47 Å². The second-order valence-corrected chi connectivity index (χ2v) is 5.05. The van der Waals surface area contributed by atoms with Crippen LogP contribution in [0.25, 0.3) is 10.9 Å². The molecule has 24 heavy (non-hydrogen) atoms. The lowest BCUT2D eigenvalue weighted by molar-refractivity contribution is 0.0951. The quantitative estimate of drug-likeness (QED) is 0.560. The van der Waals surface area contributed by atoms with Crippen LogP contribution in [0.4, 0.5) is 0 Å². The first-order valence-corrected chi connectivity index (χ1v) is 7.35. The van der Waals surface area contributed by atoms with E-state index in [-0.39, 0.29) is 5.91 Å². The number of hydrogen-bond acceptors (Lipinski definition) is 4. The summed E-state index contributed by atoms with van der Waals surface area (Å²) in [5.41, 5.74) is 4.51. The van der Waals surface area contributed by atoms with Gasteiger partial charge >= 0.3 is 0 Å². The summed E-state index contributed by atoms with van der Waals surface area (Å²) < 4.78 is 10.5. The third kappa shape index (κ3) is 3.08. The lowest BCUT2D eigenvalue weighted by Crippen LogP contribution is -2.17. The first kappa shape index (κ1) is 15.6. The molecule has 0 unspecified atom stereocenters. The highest BCUT2D eigenvalue weighted by Crippen LogP contribution is 2.25. The minimum Gasteiger partial charge on any atom is -0.496 e. The molecule has 0 saturated heterocycles. The third-order valence-corrected chi connectivity index (χ3v) is 3.60. The molecule has 122 valence electrons. The molecule has 0 aliphatic rings. The van der Waals surface area contributed by atoms with Crippen molar-refractivity contribution >= 4 is 23.0 Å². The van der Waals surface area contributed by atoms with Crippen LogP contribution in [0.2, 0.25) is 0 Å². The van der Waals surface area contributed by atoms with Crippen molar-refractivity contribution in [3.05, 3.63) is 59.8 Å². The van der Waals surface area contributed by atoms with Crippen molar-refractivity contribution in [2.24, 2.45) is 5.10 Å². The number of benzene rings is 2. The van der Waals surface area contributed by atoms with E-state index in [0.29, 0.717) is 17.2 Å². The van der Waals surface area contributed by atoms with Gasteiger partial charge in [0.05, 0.1) is 20.4 Å². The Labute approximate surface area is 139 Å². The van der Waals surface area contributed by atoms with Gasteiger partial charge in [0.25, 0.3) is 5.91 Å². The summed E-state index contributed by atoms with van der Waals surface area (Å²) in [6.45, 7) is 0. The molecule has 0 atom stereocenters. The van der Waals surface area contributed by atoms with Crippen molar-refractivity contribution in [1.82, 2.24) is 10.4 Å². The fraction of sp³-hybridized carbons (Fsp3) is 0.111. The first-order chi connectivity index (χ1) is 11.7. The largest absolute Gasteiger partial charge is 0.496 e. The lowest BCUT2D eigenvalue weighted by atomic mass is 10.2. The molecule has 2 aromatic carbocycles. The number of hydrogen-bond donors (Lipinski definition) is 2. The van der Waals surface area contributed by atoms with Gasteiger partial charge in [0.2, 0.25) is 0 Å². The molecule has 0 bridgehead atoms. The van der Waals surface area contributed by atoms with Gasteiger partial charge < -0.3 is 14.5 Å². The van der Waals surface area contributed by atoms with Gasteiger partial charge in [-0.1, -0.05) is 18.2 Å². The topological polar surface area (TPSA) is 75.7 Å². The van der Waals surface area contributed by atoms with E-state index in [1.807, 2.05) is 42.5 Å². The maximum absolute atomic E-state index is 12.2. The smallest absolute Gasteiger partial charge is 0.287 e. The van der Waals surface area contributed by atoms with Crippen molar-refractivity contribution in [3.63, 3.8) is 0 Å². The number of ether oxygens (including phenoxy) is 2. The summed E-state index contributed by atoms with van der Waals surface area (Å²) in [6.07, 6.45) is 1.54. The Bertz CT molecular complexity index is 899. The highest BCUT2D eigenvalue weighted by atomic mass is 16.5. The molecular weight excluding hydrogens is 306 g/mol. The monoisotopic (exact) mass is 323 g/mol. The Morgan fingerprint density at radius 3 is 2.62 bits per heavy atom. The van der Waals surface area contributed by atoms with E-state index in [1.54, 1.807) is 26.5 Å². The molecule has 0 spiro atoms. The molecule has 0 aliphatic heterocycles. The molecule has 1 heterocycles. The number of hydrazone groups is 1. The summed E-state index contributed by atoms with van der Waals surface area (Å²) in [5, 5.41) is 4.83. The van der Waals surface area contributed by atoms with Crippen LogP contribution < -0.4 is 14.9 Å². The number of amides is 1. The number of H-pyrrole nitrogens is 1. The van der Waals surface area contributed by atoms with Gasteiger partial charge in [-0.25, -0.2) is 5.43 Å². The lowest BCUT2D eigenvalue weighted by Gasteiger charge is -2.02. The number of aromatic amines is 1. The Morgan fingerprint density at radius 1 is 1.08 bits per heavy atom. The van der Waals surface area contributed by atoms with Gasteiger partial charge in [0.1, 0.15) is 17.2 Å². The summed E-state index contributed by atoms with van der Waals surface area (Å²) in [7, 11) is 3.18. The molecule has 6 heteroatoms. The molecule has 0 saturated carbocycles. The van der Waals surface area contributed by atoms with Crippen LogP contribution in [0.3, 0.4) is 0 Å². The molecule has 3 rings (SSSR count). The van der Waals surface area contributed by atoms with Crippen molar-refractivity contribution < 1.29 is 14.3 Å². The summed E-state index contributed by atoms with van der Waals surface area (Å²) in [6, 6.07) is 14.7. The van der Waals surface area contributed by atoms with Crippen LogP contribution in [-0.4, -0.2) is 31.3 Å². The Hall–Kier alpha value is -3.28. The molecule has 2 N–H and O–H groups in total. The van der Waals surface area contributed by atoms with Crippen molar-refractivity contribution in [1.29, 1.82) is 0 Å². The number of carbonyl (C=O) groups excluding carboxylic acids is 1. The number of aromatic nitrogens is 1. The van der Waals surface area contributed by atoms with E-state index in [0.717, 1.165) is 16.5 Å². The number of fused-ring (bicyclic) bond motifs is 1. The summed E-state index contributed by atoms with van der Waals surface area (Å²) in [5.74, 6) is 1.06. The molecule has 0 aliphatic carbocycles. The predicted molar refractivity (Wildman–Crippen MR) is 92.9 cm³/mol. The number of nitrogens with zero attached hydrogens (tertiary/aromatic N) is 1. The zero-order valence-electron chi connectivity index (χ0n) is 13.4. The summed E-state index contributed by atoms with van der Waals surface area (Å²) >= 11 is 0. The van der Waals surface area contributed by atoms with Gasteiger partial charge in [0, 0.05) is 16.5 Å². The highest BCUT2D eigenvalue weighted by Gasteiger charge is 2.11. The third-order valence-electron chi connectivity index (χ3n) is 3.60. The van der Waals surface area contributed by atoms with Crippen LogP contribution in [0.1, 0.15) is 16.1 Å². The van der Waals surface area contributed by atoms with Crippen molar-refractivity contribution in [2.75, 3.05) is 14.2 Å². The van der Waals surface area contributed by atoms with Crippen molar-refractivity contribution in [2.45, 2.75) is 0 Å². The van der Waals surface area contributed by atoms with Crippen LogP contribution >= 0.6 is 0 Å². The summed E-state index contributed by atoms with van der Waals surface area (Å²) in [4.78, 5) is 15.3. The average molecular weight is 323 g/mol. The Morgan fingerprint density at radius 2 is 1.83 bits per heavy atom. The van der Waals surface area contributed by atoms with E-state index in [1.165, 1.54) is 0 Å². The molecule has 3 aromatic rings. The molecule has 1 aromatic heterocycles. The van der Waals surface area contributed by atoms with Crippen LogP contribution in [0, 0.1) is 0 Å². The number of para-hydroxylation sites is 1. The molecular formula is C18H17N3O3. The van der Waals surface area contributed by atoms with Crippen LogP contribution in [0.5, 0.6) is 11.5 Å². The van der Waals surface area contributed by atoms with Gasteiger partial charge in [0.15, 0.2) is 0 Å². The van der Waals surface area contributed by atoms with E-state index in [2.05, 4.69) is 15.5 Å². The SMILES string of the molecule is COc1ccccc1/C=N\NC(=O)c1cc2c(OC)cccc2[nH]1. The maximum atomic E-state index is 12.2. The highest BCUT2D eigenvalue weighted by molar-refractivity contribution is 6.00.